The lowest BCUT2D eigenvalue weighted by Crippen LogP contribution is -1.99. The molecule has 0 fully saturated rings. The third-order valence-electron chi connectivity index (χ3n) is 7.21. The smallest absolute Gasteiger partial charge is 0.324 e. The largest absolute Gasteiger partial charge is 0.358 e. The van der Waals surface area contributed by atoms with Crippen molar-refractivity contribution in [3.63, 3.8) is 0 Å². The van der Waals surface area contributed by atoms with E-state index >= 15 is 0 Å². The van der Waals surface area contributed by atoms with Gasteiger partial charge in [-0.15, -0.1) is 0 Å². The molecule has 0 radical (unpaired) electrons. The molecular weight excluding hydrogens is 687 g/mol. The highest BCUT2D eigenvalue weighted by Crippen LogP contribution is 2.33. The Balaban J connectivity index is 0.000000188. The fourth-order valence-corrected chi connectivity index (χ4v) is 5.50. The van der Waals surface area contributed by atoms with E-state index in [9.17, 15) is 24.6 Å². The van der Waals surface area contributed by atoms with Crippen LogP contribution < -0.4 is 10.6 Å². The minimum atomic E-state index is -0.454. The van der Waals surface area contributed by atoms with Crippen LogP contribution in [-0.2, 0) is 0 Å². The lowest BCUT2D eigenvalue weighted by Gasteiger charge is -2.07. The van der Waals surface area contributed by atoms with E-state index in [1.54, 1.807) is 56.6 Å². The summed E-state index contributed by atoms with van der Waals surface area (Å²) in [4.78, 5) is 44.2. The second-order valence-electron chi connectivity index (χ2n) is 10.5. The van der Waals surface area contributed by atoms with E-state index in [0.29, 0.717) is 45.8 Å². The van der Waals surface area contributed by atoms with Crippen LogP contribution in [0.15, 0.2) is 77.7 Å². The van der Waals surface area contributed by atoms with Gasteiger partial charge in [0.2, 0.25) is 11.9 Å². The number of hydrogen-bond acceptors (Lipinski definition) is 10. The number of rotatable bonds is 8. The van der Waals surface area contributed by atoms with Gasteiger partial charge in [-0.2, -0.15) is 0 Å². The Morgan fingerprint density at radius 3 is 1.81 bits per heavy atom. The third-order valence-corrected chi connectivity index (χ3v) is 8.00. The van der Waals surface area contributed by atoms with E-state index in [-0.39, 0.29) is 17.3 Å². The highest BCUT2D eigenvalue weighted by Gasteiger charge is 2.22. The topological polar surface area (TPSA) is 193 Å². The van der Waals surface area contributed by atoms with Crippen molar-refractivity contribution in [3.05, 3.63) is 126 Å². The maximum Gasteiger partial charge on any atom is 0.324 e. The molecule has 6 rings (SSSR count). The van der Waals surface area contributed by atoms with Gasteiger partial charge in [0.25, 0.3) is 5.69 Å². The Labute approximate surface area is 281 Å². The van der Waals surface area contributed by atoms with Gasteiger partial charge < -0.3 is 25.7 Å². The first-order chi connectivity index (χ1) is 22.9. The number of non-ortho nitro benzene ring substituents is 1. The van der Waals surface area contributed by atoms with Crippen molar-refractivity contribution < 1.29 is 14.2 Å². The summed E-state index contributed by atoms with van der Waals surface area (Å²) in [5, 5.41) is 27.9. The van der Waals surface area contributed by atoms with Gasteiger partial charge in [-0.1, -0.05) is 6.07 Å². The van der Waals surface area contributed by atoms with Gasteiger partial charge in [-0.05, 0) is 96.6 Å². The average Bonchev–Trinajstić information content (AvgIpc) is 3.50. The lowest BCUT2D eigenvalue weighted by atomic mass is 10.1. The molecular formula is C32H28BrFN10O4. The van der Waals surface area contributed by atoms with Crippen molar-refractivity contribution in [2.75, 3.05) is 10.6 Å². The summed E-state index contributed by atoms with van der Waals surface area (Å²) in [7, 11) is 0. The number of nitro groups is 2. The van der Waals surface area contributed by atoms with E-state index in [4.69, 9.17) is 0 Å². The molecule has 244 valence electrons. The van der Waals surface area contributed by atoms with E-state index in [2.05, 4.69) is 56.5 Å². The van der Waals surface area contributed by atoms with Crippen LogP contribution in [-0.4, -0.2) is 39.8 Å². The number of anilines is 4. The first-order valence-corrected chi connectivity index (χ1v) is 15.1. The van der Waals surface area contributed by atoms with Crippen LogP contribution >= 0.6 is 15.9 Å². The molecule has 0 unspecified atom stereocenters. The quantitative estimate of drug-likeness (QED) is 0.0878. The molecule has 6 aromatic rings. The summed E-state index contributed by atoms with van der Waals surface area (Å²) in [5.41, 5.74) is 7.47. The van der Waals surface area contributed by atoms with Gasteiger partial charge in [-0.25, -0.2) is 29.3 Å². The zero-order chi connectivity index (χ0) is 34.5. The monoisotopic (exact) mass is 714 g/mol. The molecule has 4 N–H and O–H groups in total. The Hall–Kier alpha value is -6.03. The van der Waals surface area contributed by atoms with Crippen LogP contribution in [0, 0.1) is 53.7 Å². The molecule has 0 aliphatic heterocycles. The molecule has 0 atom stereocenters. The Bertz CT molecular complexity index is 2130. The van der Waals surface area contributed by atoms with Crippen LogP contribution in [0.3, 0.4) is 0 Å². The molecule has 0 aliphatic rings. The fraction of sp³-hybridized carbons (Fsp3) is 0.125. The van der Waals surface area contributed by atoms with Crippen LogP contribution in [0.2, 0.25) is 0 Å². The van der Waals surface area contributed by atoms with E-state index in [1.165, 1.54) is 24.3 Å². The summed E-state index contributed by atoms with van der Waals surface area (Å²) in [6, 6.07) is 15.5. The van der Waals surface area contributed by atoms with Crippen LogP contribution in [0.5, 0.6) is 0 Å². The number of aromatic amines is 2. The van der Waals surface area contributed by atoms with Crippen molar-refractivity contribution in [3.8, 4) is 22.5 Å². The number of hydrogen-bond donors (Lipinski definition) is 4. The zero-order valence-electron chi connectivity index (χ0n) is 26.0. The summed E-state index contributed by atoms with van der Waals surface area (Å²) >= 11 is 3.48. The van der Waals surface area contributed by atoms with Gasteiger partial charge in [-0.3, -0.25) is 10.1 Å². The zero-order valence-corrected chi connectivity index (χ0v) is 27.6. The van der Waals surface area contributed by atoms with Gasteiger partial charge in [0, 0.05) is 47.2 Å². The van der Waals surface area contributed by atoms with Crippen molar-refractivity contribution in [1.29, 1.82) is 0 Å². The SMILES string of the molecule is Cc1[nH]c(Br)c(C)c1-c1ccnc(Nc2cccc([N+](=O)[O-])c2)n1.Cc1[nH]c([N+](=O)[O-])c(C)c1-c1ccnc(Nc2ccc(F)cc2)n1. The van der Waals surface area contributed by atoms with Gasteiger partial charge in [0.15, 0.2) is 0 Å². The van der Waals surface area contributed by atoms with Gasteiger partial charge >= 0.3 is 5.82 Å². The van der Waals surface area contributed by atoms with Gasteiger partial charge in [0.1, 0.15) is 11.5 Å². The molecule has 4 aromatic heterocycles. The van der Waals surface area contributed by atoms with E-state index in [1.807, 2.05) is 19.9 Å². The first-order valence-electron chi connectivity index (χ1n) is 14.3. The number of nitrogens with one attached hydrogen (secondary N) is 4. The molecule has 0 saturated heterocycles. The number of benzene rings is 2. The molecule has 2 aromatic carbocycles. The lowest BCUT2D eigenvalue weighted by molar-refractivity contribution is -0.389. The Morgan fingerprint density at radius 1 is 0.729 bits per heavy atom. The predicted molar refractivity (Wildman–Crippen MR) is 183 cm³/mol. The number of aryl methyl sites for hydroxylation is 2. The highest BCUT2D eigenvalue weighted by molar-refractivity contribution is 9.10. The van der Waals surface area contributed by atoms with Crippen molar-refractivity contribution >= 4 is 50.7 Å². The minimum absolute atomic E-state index is 0.0115. The average molecular weight is 716 g/mol. The number of halogens is 2. The normalized spacial score (nSPS) is 10.6. The third kappa shape index (κ3) is 7.50. The number of H-pyrrole nitrogens is 2. The second-order valence-corrected chi connectivity index (χ2v) is 11.3. The summed E-state index contributed by atoms with van der Waals surface area (Å²) in [6.07, 6.45) is 3.22. The predicted octanol–water partition coefficient (Wildman–Crippen LogP) is 8.38. The highest BCUT2D eigenvalue weighted by atomic mass is 79.9. The summed E-state index contributed by atoms with van der Waals surface area (Å²) in [5.74, 6) is 0.320. The maximum atomic E-state index is 12.9. The van der Waals surface area contributed by atoms with Crippen LogP contribution in [0.4, 0.5) is 39.2 Å². The molecule has 48 heavy (non-hydrogen) atoms. The standard InChI is InChI=1S/C16H14BrN5O2.C16H14FN5O2/c1-9-14(10(2)19-15(9)17)13-6-7-18-16(21-13)20-11-4-3-5-12(8-11)22(23)24;1-9-14(10(2)19-15(9)22(23)24)13-7-8-18-16(21-13)20-12-5-3-11(17)4-6-12/h2*3-8,19H,1-2H3,(H,18,20,21). The molecule has 0 amide bonds. The van der Waals surface area contributed by atoms with Crippen molar-refractivity contribution in [1.82, 2.24) is 29.9 Å². The first kappa shape index (κ1) is 33.3. The van der Waals surface area contributed by atoms with Crippen molar-refractivity contribution in [2.45, 2.75) is 27.7 Å². The number of nitrogens with zero attached hydrogens (tertiary/aromatic N) is 6. The van der Waals surface area contributed by atoms with E-state index < -0.39 is 9.85 Å². The minimum Gasteiger partial charge on any atom is -0.358 e. The second kappa shape index (κ2) is 14.2. The Morgan fingerprint density at radius 2 is 1.29 bits per heavy atom. The molecule has 4 heterocycles. The molecule has 14 nitrogen and oxygen atoms in total. The maximum absolute atomic E-state index is 12.9. The van der Waals surface area contributed by atoms with Gasteiger partial charge in [0.05, 0.1) is 32.0 Å². The summed E-state index contributed by atoms with van der Waals surface area (Å²) < 4.78 is 13.9. The van der Waals surface area contributed by atoms with E-state index in [0.717, 1.165) is 27.1 Å². The van der Waals surface area contributed by atoms with Crippen LogP contribution in [0.25, 0.3) is 22.5 Å². The molecule has 0 spiro atoms. The Kier molecular flexibility index (Phi) is 9.84. The van der Waals surface area contributed by atoms with Crippen LogP contribution in [0.1, 0.15) is 22.5 Å². The molecule has 16 heteroatoms. The fourth-order valence-electron chi connectivity index (χ4n) is 5.00. The number of aromatic nitrogens is 6. The summed E-state index contributed by atoms with van der Waals surface area (Å²) in [6.45, 7) is 7.40. The number of nitro benzene ring substituents is 1. The molecule has 0 saturated carbocycles. The van der Waals surface area contributed by atoms with Crippen molar-refractivity contribution in [2.24, 2.45) is 0 Å². The molecule has 0 aliphatic carbocycles. The molecule has 0 bridgehead atoms.